The van der Waals surface area contributed by atoms with Crippen molar-refractivity contribution < 1.29 is 9.53 Å². The molecule has 3 nitrogen and oxygen atoms in total. The van der Waals surface area contributed by atoms with Gasteiger partial charge in [-0.15, -0.1) is 0 Å². The summed E-state index contributed by atoms with van der Waals surface area (Å²) in [7, 11) is 0. The number of nitrogens with zero attached hydrogens (tertiary/aromatic N) is 1. The zero-order valence-electron chi connectivity index (χ0n) is 12.0. The molecule has 0 saturated carbocycles. The van der Waals surface area contributed by atoms with E-state index in [9.17, 15) is 4.79 Å². The van der Waals surface area contributed by atoms with E-state index in [1.807, 2.05) is 13.8 Å². The van der Waals surface area contributed by atoms with Crippen LogP contribution in [0.4, 0.5) is 0 Å². The minimum Gasteiger partial charge on any atom is -0.378 e. The molecule has 1 aromatic carbocycles. The van der Waals surface area contributed by atoms with Crippen molar-refractivity contribution in [2.24, 2.45) is 0 Å². The summed E-state index contributed by atoms with van der Waals surface area (Å²) in [6, 6.07) is 8.45. The number of rotatable bonds is 1. The van der Waals surface area contributed by atoms with Gasteiger partial charge in [-0.1, -0.05) is 49.2 Å². The van der Waals surface area contributed by atoms with Crippen LogP contribution in [0.3, 0.4) is 0 Å². The third-order valence-corrected chi connectivity index (χ3v) is 2.37. The third kappa shape index (κ3) is 7.85. The predicted molar refractivity (Wildman–Crippen MR) is 75.7 cm³/mol. The Labute approximate surface area is 111 Å². The van der Waals surface area contributed by atoms with E-state index >= 15 is 0 Å². The lowest BCUT2D eigenvalue weighted by Crippen LogP contribution is -2.34. The summed E-state index contributed by atoms with van der Waals surface area (Å²) in [5.41, 5.74) is 2.68. The van der Waals surface area contributed by atoms with E-state index in [0.29, 0.717) is 13.2 Å². The zero-order chi connectivity index (χ0) is 13.8. The molecular weight excluding hydrogens is 226 g/mol. The standard InChI is InChI=1S/C8H10.C5H9NO2.C2H6/c1-7-4-3-5-8(2)6-7;7-5-6-1-3-8-4-2-6;1-2/h3-6H,1-2H3;5H,1-4H2;1-2H3. The normalized spacial score (nSPS) is 13.7. The number of hydrogen-bond acceptors (Lipinski definition) is 2. The maximum atomic E-state index is 10.0. The van der Waals surface area contributed by atoms with Crippen LogP contribution in [-0.2, 0) is 9.53 Å². The van der Waals surface area contributed by atoms with Gasteiger partial charge < -0.3 is 9.64 Å². The van der Waals surface area contributed by atoms with Crippen molar-refractivity contribution in [2.75, 3.05) is 26.3 Å². The maximum Gasteiger partial charge on any atom is 0.209 e. The SMILES string of the molecule is CC.Cc1cccc(C)c1.O=CN1CCOCC1. The number of benzene rings is 1. The van der Waals surface area contributed by atoms with E-state index in [-0.39, 0.29) is 0 Å². The Morgan fingerprint density at radius 2 is 1.61 bits per heavy atom. The molecule has 0 bridgehead atoms. The Morgan fingerprint density at radius 3 is 1.89 bits per heavy atom. The summed E-state index contributed by atoms with van der Waals surface area (Å²) >= 11 is 0. The van der Waals surface area contributed by atoms with Crippen molar-refractivity contribution in [3.8, 4) is 0 Å². The van der Waals surface area contributed by atoms with Crippen molar-refractivity contribution in [3.63, 3.8) is 0 Å². The predicted octanol–water partition coefficient (Wildman–Crippen LogP) is 2.80. The molecule has 0 N–H and O–H groups in total. The Bertz CT molecular complexity index is 303. The van der Waals surface area contributed by atoms with Gasteiger partial charge in [0.25, 0.3) is 0 Å². The van der Waals surface area contributed by atoms with Crippen LogP contribution >= 0.6 is 0 Å². The molecule has 1 aliphatic rings. The van der Waals surface area contributed by atoms with Gasteiger partial charge >= 0.3 is 0 Å². The highest BCUT2D eigenvalue weighted by Crippen LogP contribution is 2.00. The Morgan fingerprint density at radius 1 is 1.11 bits per heavy atom. The highest BCUT2D eigenvalue weighted by atomic mass is 16.5. The first-order valence-corrected chi connectivity index (χ1v) is 6.53. The lowest BCUT2D eigenvalue weighted by Gasteiger charge is -2.21. The lowest BCUT2D eigenvalue weighted by molar-refractivity contribution is -0.121. The van der Waals surface area contributed by atoms with Gasteiger partial charge in [0.1, 0.15) is 0 Å². The van der Waals surface area contributed by atoms with Crippen molar-refractivity contribution in [2.45, 2.75) is 27.7 Å². The van der Waals surface area contributed by atoms with Gasteiger partial charge in [-0.2, -0.15) is 0 Å². The van der Waals surface area contributed by atoms with E-state index in [1.54, 1.807) is 4.90 Å². The van der Waals surface area contributed by atoms with Crippen molar-refractivity contribution in [3.05, 3.63) is 35.4 Å². The zero-order valence-corrected chi connectivity index (χ0v) is 12.0. The molecule has 102 valence electrons. The van der Waals surface area contributed by atoms with Gasteiger partial charge in [-0.05, 0) is 13.8 Å². The molecule has 1 amide bonds. The maximum absolute atomic E-state index is 10.0. The van der Waals surface area contributed by atoms with Crippen molar-refractivity contribution in [1.82, 2.24) is 4.90 Å². The molecule has 1 fully saturated rings. The average molecular weight is 251 g/mol. The van der Waals surface area contributed by atoms with Crippen LogP contribution in [0.1, 0.15) is 25.0 Å². The smallest absolute Gasteiger partial charge is 0.209 e. The first-order chi connectivity index (χ1) is 8.72. The summed E-state index contributed by atoms with van der Waals surface area (Å²) in [5.74, 6) is 0. The molecule has 1 saturated heterocycles. The number of ether oxygens (including phenoxy) is 1. The Balaban J connectivity index is 0.000000283. The van der Waals surface area contributed by atoms with Crippen molar-refractivity contribution in [1.29, 1.82) is 0 Å². The van der Waals surface area contributed by atoms with E-state index < -0.39 is 0 Å². The molecule has 0 spiro atoms. The fourth-order valence-corrected chi connectivity index (χ4v) is 1.49. The molecule has 3 heteroatoms. The highest BCUT2D eigenvalue weighted by molar-refractivity contribution is 5.46. The largest absolute Gasteiger partial charge is 0.378 e. The van der Waals surface area contributed by atoms with Gasteiger partial charge in [0.15, 0.2) is 0 Å². The molecule has 1 heterocycles. The van der Waals surface area contributed by atoms with E-state index in [0.717, 1.165) is 19.5 Å². The molecule has 1 aromatic rings. The van der Waals surface area contributed by atoms with Crippen LogP contribution in [-0.4, -0.2) is 37.6 Å². The summed E-state index contributed by atoms with van der Waals surface area (Å²) in [5, 5.41) is 0. The van der Waals surface area contributed by atoms with Gasteiger partial charge in [0.2, 0.25) is 6.41 Å². The van der Waals surface area contributed by atoms with Gasteiger partial charge in [0, 0.05) is 13.1 Å². The number of amides is 1. The van der Waals surface area contributed by atoms with Gasteiger partial charge in [-0.25, -0.2) is 0 Å². The summed E-state index contributed by atoms with van der Waals surface area (Å²) < 4.78 is 5.00. The van der Waals surface area contributed by atoms with E-state index in [1.165, 1.54) is 11.1 Å². The molecule has 0 atom stereocenters. The van der Waals surface area contributed by atoms with Crippen molar-refractivity contribution >= 4 is 6.41 Å². The number of carbonyl (C=O) groups excluding carboxylic acids is 1. The highest BCUT2D eigenvalue weighted by Gasteiger charge is 2.05. The Hall–Kier alpha value is -1.35. The van der Waals surface area contributed by atoms with Crippen LogP contribution in [0.2, 0.25) is 0 Å². The molecule has 18 heavy (non-hydrogen) atoms. The van der Waals surface area contributed by atoms with Crippen LogP contribution in [0.25, 0.3) is 0 Å². The quantitative estimate of drug-likeness (QED) is 0.718. The second-order valence-electron chi connectivity index (χ2n) is 3.91. The topological polar surface area (TPSA) is 29.5 Å². The first-order valence-electron chi connectivity index (χ1n) is 6.53. The summed E-state index contributed by atoms with van der Waals surface area (Å²) in [6.45, 7) is 11.1. The molecule has 0 unspecified atom stereocenters. The van der Waals surface area contributed by atoms with Gasteiger partial charge in [-0.3, -0.25) is 4.79 Å². The summed E-state index contributed by atoms with van der Waals surface area (Å²) in [6.07, 6.45) is 0.864. The Kier molecular flexibility index (Phi) is 9.97. The van der Waals surface area contributed by atoms with E-state index in [2.05, 4.69) is 38.1 Å². The minimum absolute atomic E-state index is 0.693. The number of carbonyl (C=O) groups is 1. The summed E-state index contributed by atoms with van der Waals surface area (Å²) in [4.78, 5) is 11.7. The fraction of sp³-hybridized carbons (Fsp3) is 0.533. The van der Waals surface area contributed by atoms with Crippen LogP contribution < -0.4 is 0 Å². The molecule has 0 aliphatic carbocycles. The third-order valence-electron chi connectivity index (χ3n) is 2.37. The second-order valence-corrected chi connectivity index (χ2v) is 3.91. The molecule has 0 aromatic heterocycles. The van der Waals surface area contributed by atoms with E-state index in [4.69, 9.17) is 4.74 Å². The molecular formula is C15H25NO2. The number of hydrogen-bond donors (Lipinski definition) is 0. The van der Waals surface area contributed by atoms with Crippen LogP contribution in [0.15, 0.2) is 24.3 Å². The molecule has 0 radical (unpaired) electrons. The molecule has 2 rings (SSSR count). The molecule has 1 aliphatic heterocycles. The van der Waals surface area contributed by atoms with Crippen LogP contribution in [0, 0.1) is 13.8 Å². The first kappa shape index (κ1) is 16.6. The average Bonchev–Trinajstić information content (AvgIpc) is 2.42. The number of morpholine rings is 1. The minimum atomic E-state index is 0.693. The lowest BCUT2D eigenvalue weighted by atomic mass is 10.2. The fourth-order valence-electron chi connectivity index (χ4n) is 1.49. The van der Waals surface area contributed by atoms with Gasteiger partial charge in [0.05, 0.1) is 13.2 Å². The number of aryl methyl sites for hydroxylation is 2. The van der Waals surface area contributed by atoms with Crippen LogP contribution in [0.5, 0.6) is 0 Å². The second kappa shape index (κ2) is 10.8. The monoisotopic (exact) mass is 251 g/mol.